The summed E-state index contributed by atoms with van der Waals surface area (Å²) in [6, 6.07) is 7.66. The average molecular weight is 202 g/mol. The van der Waals surface area contributed by atoms with E-state index in [1.165, 1.54) is 0 Å². The van der Waals surface area contributed by atoms with Crippen LogP contribution in [-0.2, 0) is 6.42 Å². The fourth-order valence-corrected chi connectivity index (χ4v) is 1.65. The molecule has 0 aliphatic heterocycles. The molecule has 0 spiro atoms. The predicted molar refractivity (Wildman–Crippen MR) is 60.5 cm³/mol. The average Bonchev–Trinajstić information content (AvgIpc) is 2.60. The molecule has 1 heterocycles. The number of anilines is 1. The lowest BCUT2D eigenvalue weighted by Gasteiger charge is -2.01. The quantitative estimate of drug-likeness (QED) is 0.762. The maximum atomic E-state index is 5.88. The summed E-state index contributed by atoms with van der Waals surface area (Å²) in [5.41, 5.74) is 9.60. The number of hydrogen-bond donors (Lipinski definition) is 1. The van der Waals surface area contributed by atoms with Gasteiger partial charge in [0.05, 0.1) is 5.69 Å². The summed E-state index contributed by atoms with van der Waals surface area (Å²) in [6.45, 7) is 4.07. The summed E-state index contributed by atoms with van der Waals surface area (Å²) in [5.74, 6) is 0.782. The Balaban J connectivity index is 2.55. The van der Waals surface area contributed by atoms with Crippen molar-refractivity contribution in [2.75, 3.05) is 5.73 Å². The second kappa shape index (κ2) is 3.77. The van der Waals surface area contributed by atoms with Crippen molar-refractivity contribution in [3.8, 4) is 11.3 Å². The normalized spacial score (nSPS) is 10.5. The first-order chi connectivity index (χ1) is 7.24. The molecule has 15 heavy (non-hydrogen) atoms. The standard InChI is InChI=1S/C12H14N2O/c1-3-11-8(2)12(15-14-11)9-6-4-5-7-10(9)13/h4-7H,3,13H2,1-2H3. The summed E-state index contributed by atoms with van der Waals surface area (Å²) in [4.78, 5) is 0. The van der Waals surface area contributed by atoms with Crippen LogP contribution in [0.3, 0.4) is 0 Å². The van der Waals surface area contributed by atoms with Crippen molar-refractivity contribution in [1.29, 1.82) is 0 Å². The van der Waals surface area contributed by atoms with Crippen LogP contribution in [0.1, 0.15) is 18.2 Å². The van der Waals surface area contributed by atoms with Crippen molar-refractivity contribution < 1.29 is 4.52 Å². The van der Waals surface area contributed by atoms with Gasteiger partial charge < -0.3 is 10.3 Å². The van der Waals surface area contributed by atoms with Crippen LogP contribution in [0.25, 0.3) is 11.3 Å². The van der Waals surface area contributed by atoms with E-state index in [0.29, 0.717) is 0 Å². The molecular formula is C12H14N2O. The highest BCUT2D eigenvalue weighted by atomic mass is 16.5. The fourth-order valence-electron chi connectivity index (χ4n) is 1.65. The van der Waals surface area contributed by atoms with Gasteiger partial charge in [0.25, 0.3) is 0 Å². The minimum absolute atomic E-state index is 0.722. The molecule has 2 N–H and O–H groups in total. The Morgan fingerprint density at radius 3 is 2.67 bits per heavy atom. The third kappa shape index (κ3) is 1.61. The number of nitrogens with zero attached hydrogens (tertiary/aromatic N) is 1. The van der Waals surface area contributed by atoms with Gasteiger partial charge in [0.1, 0.15) is 0 Å². The van der Waals surface area contributed by atoms with E-state index < -0.39 is 0 Å². The lowest BCUT2D eigenvalue weighted by Crippen LogP contribution is -1.89. The molecule has 2 rings (SSSR count). The van der Waals surface area contributed by atoms with Crippen LogP contribution in [-0.4, -0.2) is 5.16 Å². The van der Waals surface area contributed by atoms with Crippen LogP contribution in [0.4, 0.5) is 5.69 Å². The van der Waals surface area contributed by atoms with Crippen molar-refractivity contribution in [3.63, 3.8) is 0 Å². The number of benzene rings is 1. The molecule has 0 radical (unpaired) electrons. The van der Waals surface area contributed by atoms with Crippen molar-refractivity contribution in [1.82, 2.24) is 5.16 Å². The molecule has 1 aromatic carbocycles. The van der Waals surface area contributed by atoms with Gasteiger partial charge in [0, 0.05) is 16.8 Å². The van der Waals surface area contributed by atoms with Gasteiger partial charge in [-0.2, -0.15) is 0 Å². The number of para-hydroxylation sites is 1. The Morgan fingerprint density at radius 1 is 1.33 bits per heavy atom. The third-order valence-corrected chi connectivity index (χ3v) is 2.56. The molecule has 3 nitrogen and oxygen atoms in total. The highest BCUT2D eigenvalue weighted by Gasteiger charge is 2.13. The highest BCUT2D eigenvalue weighted by Crippen LogP contribution is 2.29. The van der Waals surface area contributed by atoms with E-state index in [1.54, 1.807) is 0 Å². The smallest absolute Gasteiger partial charge is 0.172 e. The largest absolute Gasteiger partial charge is 0.398 e. The Bertz CT molecular complexity index is 474. The zero-order valence-electron chi connectivity index (χ0n) is 8.95. The van der Waals surface area contributed by atoms with E-state index in [1.807, 2.05) is 31.2 Å². The van der Waals surface area contributed by atoms with Crippen molar-refractivity contribution in [2.45, 2.75) is 20.3 Å². The first-order valence-corrected chi connectivity index (χ1v) is 5.04. The van der Waals surface area contributed by atoms with Crippen LogP contribution < -0.4 is 5.73 Å². The number of rotatable bonds is 2. The Morgan fingerprint density at radius 2 is 2.07 bits per heavy atom. The molecule has 2 aromatic rings. The van der Waals surface area contributed by atoms with E-state index >= 15 is 0 Å². The molecule has 0 unspecified atom stereocenters. The molecule has 78 valence electrons. The molecular weight excluding hydrogens is 188 g/mol. The lowest BCUT2D eigenvalue weighted by atomic mass is 10.1. The number of aromatic nitrogens is 1. The topological polar surface area (TPSA) is 52.0 Å². The van der Waals surface area contributed by atoms with Gasteiger partial charge in [0.15, 0.2) is 5.76 Å². The fraction of sp³-hybridized carbons (Fsp3) is 0.250. The molecule has 3 heteroatoms. The molecule has 0 saturated carbocycles. The molecule has 0 atom stereocenters. The predicted octanol–water partition coefficient (Wildman–Crippen LogP) is 2.79. The Hall–Kier alpha value is -1.77. The second-order valence-corrected chi connectivity index (χ2v) is 3.52. The molecule has 0 fully saturated rings. The van der Waals surface area contributed by atoms with Crippen molar-refractivity contribution >= 4 is 5.69 Å². The number of aryl methyl sites for hydroxylation is 1. The van der Waals surface area contributed by atoms with Gasteiger partial charge in [0.2, 0.25) is 0 Å². The van der Waals surface area contributed by atoms with Gasteiger partial charge in [-0.15, -0.1) is 0 Å². The monoisotopic (exact) mass is 202 g/mol. The molecule has 0 aliphatic carbocycles. The first-order valence-electron chi connectivity index (χ1n) is 5.04. The summed E-state index contributed by atoms with van der Waals surface area (Å²) in [6.07, 6.45) is 0.877. The van der Waals surface area contributed by atoms with Crippen LogP contribution in [0.2, 0.25) is 0 Å². The Kier molecular flexibility index (Phi) is 2.46. The van der Waals surface area contributed by atoms with Crippen molar-refractivity contribution in [3.05, 3.63) is 35.5 Å². The molecule has 0 bridgehead atoms. The van der Waals surface area contributed by atoms with Crippen molar-refractivity contribution in [2.24, 2.45) is 0 Å². The molecule has 0 amide bonds. The van der Waals surface area contributed by atoms with E-state index in [4.69, 9.17) is 10.3 Å². The third-order valence-electron chi connectivity index (χ3n) is 2.56. The summed E-state index contributed by atoms with van der Waals surface area (Å²) < 4.78 is 5.32. The van der Waals surface area contributed by atoms with Gasteiger partial charge in [-0.1, -0.05) is 24.2 Å². The minimum atomic E-state index is 0.722. The summed E-state index contributed by atoms with van der Waals surface area (Å²) in [5, 5.41) is 4.02. The zero-order valence-corrected chi connectivity index (χ0v) is 8.95. The van der Waals surface area contributed by atoms with Crippen LogP contribution in [0.5, 0.6) is 0 Å². The minimum Gasteiger partial charge on any atom is -0.398 e. The van der Waals surface area contributed by atoms with Gasteiger partial charge in [-0.3, -0.25) is 0 Å². The lowest BCUT2D eigenvalue weighted by molar-refractivity contribution is 0.424. The number of nitrogens with two attached hydrogens (primary N) is 1. The second-order valence-electron chi connectivity index (χ2n) is 3.52. The summed E-state index contributed by atoms with van der Waals surface area (Å²) >= 11 is 0. The van der Waals surface area contributed by atoms with Gasteiger partial charge in [-0.05, 0) is 25.5 Å². The zero-order chi connectivity index (χ0) is 10.8. The van der Waals surface area contributed by atoms with E-state index in [-0.39, 0.29) is 0 Å². The van der Waals surface area contributed by atoms with E-state index in [2.05, 4.69) is 12.1 Å². The first kappa shape index (κ1) is 9.77. The summed E-state index contributed by atoms with van der Waals surface area (Å²) in [7, 11) is 0. The molecule has 1 aromatic heterocycles. The molecule has 0 saturated heterocycles. The number of hydrogen-bond acceptors (Lipinski definition) is 3. The SMILES string of the molecule is CCc1noc(-c2ccccc2N)c1C. The van der Waals surface area contributed by atoms with Crippen LogP contribution in [0, 0.1) is 6.92 Å². The van der Waals surface area contributed by atoms with Gasteiger partial charge in [-0.25, -0.2) is 0 Å². The molecule has 0 aliphatic rings. The number of nitrogen functional groups attached to an aromatic ring is 1. The maximum absolute atomic E-state index is 5.88. The van der Waals surface area contributed by atoms with Gasteiger partial charge >= 0.3 is 0 Å². The van der Waals surface area contributed by atoms with E-state index in [9.17, 15) is 0 Å². The maximum Gasteiger partial charge on any atom is 0.172 e. The Labute approximate surface area is 88.9 Å². The van der Waals surface area contributed by atoms with Crippen LogP contribution >= 0.6 is 0 Å². The van der Waals surface area contributed by atoms with Crippen LogP contribution in [0.15, 0.2) is 28.8 Å². The highest BCUT2D eigenvalue weighted by molar-refractivity contribution is 5.74. The van der Waals surface area contributed by atoms with E-state index in [0.717, 1.165) is 34.7 Å².